The van der Waals surface area contributed by atoms with Crippen molar-refractivity contribution < 1.29 is 14.3 Å². The number of amides is 1. The average molecular weight is 325 g/mol. The van der Waals surface area contributed by atoms with E-state index in [0.717, 1.165) is 42.1 Å². The van der Waals surface area contributed by atoms with Gasteiger partial charge in [0.2, 0.25) is 5.91 Å². The second kappa shape index (κ2) is 7.39. The lowest BCUT2D eigenvalue weighted by Crippen LogP contribution is -2.35. The summed E-state index contributed by atoms with van der Waals surface area (Å²) >= 11 is 0. The molecule has 24 heavy (non-hydrogen) atoms. The molecule has 0 atom stereocenters. The van der Waals surface area contributed by atoms with Crippen LogP contribution in [0.2, 0.25) is 0 Å². The smallest absolute Gasteiger partial charge is 0.227 e. The summed E-state index contributed by atoms with van der Waals surface area (Å²) in [5, 5.41) is 0. The number of hydrogen-bond donors (Lipinski definition) is 0. The molecule has 0 spiro atoms. The highest BCUT2D eigenvalue weighted by Crippen LogP contribution is 2.28. The van der Waals surface area contributed by atoms with E-state index in [0.29, 0.717) is 12.8 Å². The Hall–Kier alpha value is -2.49. The molecule has 4 heteroatoms. The molecule has 0 unspecified atom stereocenters. The van der Waals surface area contributed by atoms with Crippen LogP contribution < -0.4 is 14.4 Å². The molecule has 0 N–H and O–H groups in total. The maximum atomic E-state index is 12.7. The van der Waals surface area contributed by atoms with E-state index in [4.69, 9.17) is 9.47 Å². The van der Waals surface area contributed by atoms with Crippen LogP contribution in [0.1, 0.15) is 24.0 Å². The summed E-state index contributed by atoms with van der Waals surface area (Å²) in [4.78, 5) is 14.6. The first-order chi connectivity index (χ1) is 11.7. The monoisotopic (exact) mass is 325 g/mol. The lowest BCUT2D eigenvalue weighted by atomic mass is 10.0. The Kier molecular flexibility index (Phi) is 5.04. The summed E-state index contributed by atoms with van der Waals surface area (Å²) in [6.07, 6.45) is 3.22. The molecule has 126 valence electrons. The third kappa shape index (κ3) is 3.53. The minimum absolute atomic E-state index is 0.170. The fourth-order valence-corrected chi connectivity index (χ4v) is 3.19. The maximum absolute atomic E-state index is 12.7. The molecule has 4 nitrogen and oxygen atoms in total. The van der Waals surface area contributed by atoms with Crippen LogP contribution in [0.4, 0.5) is 5.69 Å². The molecule has 2 aromatic carbocycles. The van der Waals surface area contributed by atoms with Gasteiger partial charge in [0.15, 0.2) is 0 Å². The number of carbonyl (C=O) groups excluding carboxylic acids is 1. The minimum Gasteiger partial charge on any atom is -0.497 e. The van der Waals surface area contributed by atoms with Gasteiger partial charge in [-0.05, 0) is 48.6 Å². The van der Waals surface area contributed by atoms with E-state index in [-0.39, 0.29) is 5.91 Å². The fourth-order valence-electron chi connectivity index (χ4n) is 3.19. The van der Waals surface area contributed by atoms with Crippen LogP contribution in [0.25, 0.3) is 0 Å². The Bertz CT molecular complexity index is 704. The first kappa shape index (κ1) is 16.4. The molecule has 0 saturated heterocycles. The van der Waals surface area contributed by atoms with E-state index >= 15 is 0 Å². The first-order valence-electron chi connectivity index (χ1n) is 8.31. The molecule has 0 fully saturated rings. The van der Waals surface area contributed by atoms with E-state index in [9.17, 15) is 4.79 Å². The van der Waals surface area contributed by atoms with Crippen molar-refractivity contribution in [2.24, 2.45) is 0 Å². The number of fused-ring (bicyclic) bond motifs is 1. The summed E-state index contributed by atoms with van der Waals surface area (Å²) in [6, 6.07) is 13.9. The van der Waals surface area contributed by atoms with Gasteiger partial charge in [-0.15, -0.1) is 0 Å². The molecule has 0 bridgehead atoms. The van der Waals surface area contributed by atoms with Gasteiger partial charge in [0, 0.05) is 24.7 Å². The van der Waals surface area contributed by atoms with E-state index in [1.807, 2.05) is 41.3 Å². The molecule has 0 saturated carbocycles. The highest BCUT2D eigenvalue weighted by atomic mass is 16.5. The summed E-state index contributed by atoms with van der Waals surface area (Å²) in [6.45, 7) is 0.803. The number of carbonyl (C=O) groups is 1. The van der Waals surface area contributed by atoms with E-state index in [1.54, 1.807) is 14.2 Å². The number of aryl methyl sites for hydroxylation is 2. The predicted molar refractivity (Wildman–Crippen MR) is 95.0 cm³/mol. The van der Waals surface area contributed by atoms with Crippen molar-refractivity contribution in [1.82, 2.24) is 0 Å². The number of ether oxygens (including phenoxy) is 2. The quantitative estimate of drug-likeness (QED) is 0.843. The van der Waals surface area contributed by atoms with Crippen molar-refractivity contribution in [3.63, 3.8) is 0 Å². The third-order valence-electron chi connectivity index (χ3n) is 4.45. The normalized spacial score (nSPS) is 13.3. The van der Waals surface area contributed by atoms with E-state index in [1.165, 1.54) is 5.56 Å². The summed E-state index contributed by atoms with van der Waals surface area (Å²) < 4.78 is 10.6. The van der Waals surface area contributed by atoms with E-state index in [2.05, 4.69) is 6.07 Å². The highest BCUT2D eigenvalue weighted by Gasteiger charge is 2.21. The number of nitrogens with zero attached hydrogens (tertiary/aromatic N) is 1. The van der Waals surface area contributed by atoms with Crippen molar-refractivity contribution in [1.29, 1.82) is 0 Å². The summed E-state index contributed by atoms with van der Waals surface area (Å²) in [5.41, 5.74) is 3.38. The standard InChI is InChI=1S/C20H23NO3/c1-23-17-12-15(13-18(14-17)24-2)9-10-20(22)21-11-5-7-16-6-3-4-8-19(16)21/h3-4,6,8,12-14H,5,7,9-11H2,1-2H3. The molecule has 0 aromatic heterocycles. The maximum Gasteiger partial charge on any atom is 0.227 e. The number of benzene rings is 2. The summed E-state index contributed by atoms with van der Waals surface area (Å²) in [5.74, 6) is 1.67. The molecular formula is C20H23NO3. The second-order valence-electron chi connectivity index (χ2n) is 6.00. The molecule has 0 radical (unpaired) electrons. The topological polar surface area (TPSA) is 38.8 Å². The molecule has 0 aliphatic carbocycles. The lowest BCUT2D eigenvalue weighted by molar-refractivity contribution is -0.118. The van der Waals surface area contributed by atoms with Gasteiger partial charge in [0.25, 0.3) is 0 Å². The van der Waals surface area contributed by atoms with Crippen LogP contribution in [0.5, 0.6) is 11.5 Å². The Labute approximate surface area is 143 Å². The Morgan fingerprint density at radius 1 is 1.08 bits per heavy atom. The highest BCUT2D eigenvalue weighted by molar-refractivity contribution is 5.94. The first-order valence-corrected chi connectivity index (χ1v) is 8.31. The number of para-hydroxylation sites is 1. The van der Waals surface area contributed by atoms with Crippen LogP contribution in [-0.4, -0.2) is 26.7 Å². The molecule has 3 rings (SSSR count). The minimum atomic E-state index is 0.170. The van der Waals surface area contributed by atoms with Gasteiger partial charge in [-0.1, -0.05) is 18.2 Å². The van der Waals surface area contributed by atoms with Crippen molar-refractivity contribution in [2.45, 2.75) is 25.7 Å². The van der Waals surface area contributed by atoms with Gasteiger partial charge in [0.1, 0.15) is 11.5 Å². The molecule has 1 heterocycles. The second-order valence-corrected chi connectivity index (χ2v) is 6.00. The summed E-state index contributed by atoms with van der Waals surface area (Å²) in [7, 11) is 3.27. The number of anilines is 1. The van der Waals surface area contributed by atoms with Crippen LogP contribution in [0.15, 0.2) is 42.5 Å². The third-order valence-corrected chi connectivity index (χ3v) is 4.45. The fraction of sp³-hybridized carbons (Fsp3) is 0.350. The zero-order valence-corrected chi connectivity index (χ0v) is 14.2. The number of rotatable bonds is 5. The molecular weight excluding hydrogens is 302 g/mol. The van der Waals surface area contributed by atoms with E-state index < -0.39 is 0 Å². The van der Waals surface area contributed by atoms with Gasteiger partial charge in [0.05, 0.1) is 14.2 Å². The largest absolute Gasteiger partial charge is 0.497 e. The van der Waals surface area contributed by atoms with Crippen LogP contribution in [0, 0.1) is 0 Å². The van der Waals surface area contributed by atoms with Gasteiger partial charge in [-0.3, -0.25) is 4.79 Å². The molecule has 2 aromatic rings. The van der Waals surface area contributed by atoms with Crippen LogP contribution >= 0.6 is 0 Å². The van der Waals surface area contributed by atoms with Crippen molar-refractivity contribution >= 4 is 11.6 Å². The van der Waals surface area contributed by atoms with Gasteiger partial charge >= 0.3 is 0 Å². The number of methoxy groups -OCH3 is 2. The zero-order chi connectivity index (χ0) is 16.9. The number of hydrogen-bond acceptors (Lipinski definition) is 3. The zero-order valence-electron chi connectivity index (χ0n) is 14.2. The Balaban J connectivity index is 1.70. The van der Waals surface area contributed by atoms with Gasteiger partial charge < -0.3 is 14.4 Å². The van der Waals surface area contributed by atoms with Crippen LogP contribution in [0.3, 0.4) is 0 Å². The van der Waals surface area contributed by atoms with Crippen molar-refractivity contribution in [3.8, 4) is 11.5 Å². The van der Waals surface area contributed by atoms with Gasteiger partial charge in [-0.25, -0.2) is 0 Å². The predicted octanol–water partition coefficient (Wildman–Crippen LogP) is 3.62. The average Bonchev–Trinajstić information content (AvgIpc) is 2.65. The molecule has 1 aliphatic heterocycles. The SMILES string of the molecule is COc1cc(CCC(=O)N2CCCc3ccccc32)cc(OC)c1. The molecule has 1 aliphatic rings. The lowest BCUT2D eigenvalue weighted by Gasteiger charge is -2.29. The Morgan fingerprint density at radius 2 is 1.79 bits per heavy atom. The van der Waals surface area contributed by atoms with Crippen molar-refractivity contribution in [2.75, 3.05) is 25.7 Å². The Morgan fingerprint density at radius 3 is 2.50 bits per heavy atom. The van der Waals surface area contributed by atoms with Gasteiger partial charge in [-0.2, -0.15) is 0 Å². The van der Waals surface area contributed by atoms with Crippen molar-refractivity contribution in [3.05, 3.63) is 53.6 Å². The van der Waals surface area contributed by atoms with Crippen LogP contribution in [-0.2, 0) is 17.6 Å². The molecule has 1 amide bonds.